The topological polar surface area (TPSA) is 105 Å². The SMILES string of the molecule is CCCC(CC(=O)O)NC(=O)C12CC(NC(=O)OCC3c4ccccc4-c4ccccc43)CC1C2. The Morgan fingerprint density at radius 2 is 1.71 bits per heavy atom. The van der Waals surface area contributed by atoms with Crippen LogP contribution in [0.1, 0.15) is 62.5 Å². The molecule has 0 heterocycles. The molecule has 2 fully saturated rings. The Hall–Kier alpha value is -3.35. The van der Waals surface area contributed by atoms with Crippen molar-refractivity contribution in [3.05, 3.63) is 59.7 Å². The number of carbonyl (C=O) groups is 3. The maximum atomic E-state index is 13.0. The zero-order valence-electron chi connectivity index (χ0n) is 20.0. The summed E-state index contributed by atoms with van der Waals surface area (Å²) in [6.07, 6.45) is 3.04. The summed E-state index contributed by atoms with van der Waals surface area (Å²) in [5.74, 6) is -0.741. The minimum absolute atomic E-state index is 0.00647. The average Bonchev–Trinajstić information content (AvgIpc) is 3.26. The quantitative estimate of drug-likeness (QED) is 0.496. The van der Waals surface area contributed by atoms with Crippen LogP contribution in [0.15, 0.2) is 48.5 Å². The predicted molar refractivity (Wildman–Crippen MR) is 131 cm³/mol. The summed E-state index contributed by atoms with van der Waals surface area (Å²) in [6, 6.07) is 16.0. The normalized spacial score (nSPS) is 24.6. The number of hydrogen-bond acceptors (Lipinski definition) is 4. The largest absolute Gasteiger partial charge is 0.481 e. The van der Waals surface area contributed by atoms with E-state index in [1.165, 1.54) is 22.3 Å². The van der Waals surface area contributed by atoms with Crippen LogP contribution in [0.2, 0.25) is 0 Å². The second-order valence-electron chi connectivity index (χ2n) is 10.2. The number of ether oxygens (including phenoxy) is 1. The molecule has 2 aromatic rings. The Labute approximate surface area is 205 Å². The van der Waals surface area contributed by atoms with Gasteiger partial charge in [0, 0.05) is 18.0 Å². The Morgan fingerprint density at radius 3 is 2.34 bits per heavy atom. The van der Waals surface area contributed by atoms with Gasteiger partial charge in [-0.25, -0.2) is 4.79 Å². The Kier molecular flexibility index (Phi) is 6.26. The maximum Gasteiger partial charge on any atom is 0.407 e. The third-order valence-corrected chi connectivity index (χ3v) is 7.92. The zero-order chi connectivity index (χ0) is 24.6. The van der Waals surface area contributed by atoms with E-state index >= 15 is 0 Å². The lowest BCUT2D eigenvalue weighted by molar-refractivity contribution is -0.138. The van der Waals surface area contributed by atoms with E-state index in [0.717, 1.165) is 19.3 Å². The van der Waals surface area contributed by atoms with Gasteiger partial charge in [0.25, 0.3) is 0 Å². The van der Waals surface area contributed by atoms with Crippen molar-refractivity contribution in [1.82, 2.24) is 10.6 Å². The number of carboxylic acids is 1. The van der Waals surface area contributed by atoms with Gasteiger partial charge in [0.15, 0.2) is 0 Å². The third kappa shape index (κ3) is 4.51. The first-order valence-corrected chi connectivity index (χ1v) is 12.6. The fourth-order valence-electron chi connectivity index (χ4n) is 6.21. The number of hydrogen-bond donors (Lipinski definition) is 3. The molecule has 2 saturated carbocycles. The van der Waals surface area contributed by atoms with E-state index in [2.05, 4.69) is 34.9 Å². The first-order valence-electron chi connectivity index (χ1n) is 12.6. The summed E-state index contributed by atoms with van der Waals surface area (Å²) in [5.41, 5.74) is 4.23. The van der Waals surface area contributed by atoms with Crippen LogP contribution < -0.4 is 10.6 Å². The molecule has 2 amide bonds. The van der Waals surface area contributed by atoms with E-state index < -0.39 is 17.5 Å². The van der Waals surface area contributed by atoms with Crippen LogP contribution in [-0.2, 0) is 14.3 Å². The highest BCUT2D eigenvalue weighted by Crippen LogP contribution is 2.63. The van der Waals surface area contributed by atoms with Gasteiger partial charge < -0.3 is 20.5 Å². The van der Waals surface area contributed by atoms with E-state index in [1.807, 2.05) is 31.2 Å². The summed E-state index contributed by atoms with van der Waals surface area (Å²) < 4.78 is 5.67. The van der Waals surface area contributed by atoms with Crippen LogP contribution in [-0.4, -0.2) is 41.8 Å². The fraction of sp³-hybridized carbons (Fsp3) is 0.464. The minimum Gasteiger partial charge on any atom is -0.481 e. The summed E-state index contributed by atoms with van der Waals surface area (Å²) in [7, 11) is 0. The number of rotatable bonds is 9. The van der Waals surface area contributed by atoms with Crippen molar-refractivity contribution in [3.8, 4) is 11.1 Å². The lowest BCUT2D eigenvalue weighted by atomic mass is 9.98. The molecule has 7 heteroatoms. The minimum atomic E-state index is -0.908. The van der Waals surface area contributed by atoms with E-state index in [1.54, 1.807) is 0 Å². The van der Waals surface area contributed by atoms with Gasteiger partial charge in [-0.1, -0.05) is 61.9 Å². The first-order chi connectivity index (χ1) is 16.9. The molecule has 7 nitrogen and oxygen atoms in total. The van der Waals surface area contributed by atoms with Crippen molar-refractivity contribution in [2.75, 3.05) is 6.61 Å². The molecular weight excluding hydrogens is 444 g/mol. The molecule has 2 aromatic carbocycles. The van der Waals surface area contributed by atoms with Crippen LogP contribution in [0, 0.1) is 11.3 Å². The molecule has 0 bridgehead atoms. The monoisotopic (exact) mass is 476 g/mol. The summed E-state index contributed by atoms with van der Waals surface area (Å²) in [5, 5.41) is 15.1. The number of carbonyl (C=O) groups excluding carboxylic acids is 2. The van der Waals surface area contributed by atoms with Crippen molar-refractivity contribution in [2.24, 2.45) is 11.3 Å². The molecule has 0 spiro atoms. The number of carboxylic acid groups (broad SMARTS) is 1. The van der Waals surface area contributed by atoms with Crippen LogP contribution >= 0.6 is 0 Å². The van der Waals surface area contributed by atoms with E-state index in [0.29, 0.717) is 12.8 Å². The number of nitrogens with one attached hydrogen (secondary N) is 2. The zero-order valence-corrected chi connectivity index (χ0v) is 20.0. The Bertz CT molecular complexity index is 1100. The number of fused-ring (bicyclic) bond motifs is 4. The molecule has 3 aliphatic rings. The van der Waals surface area contributed by atoms with Crippen molar-refractivity contribution in [3.63, 3.8) is 0 Å². The fourth-order valence-corrected chi connectivity index (χ4v) is 6.21. The molecule has 4 unspecified atom stereocenters. The molecule has 3 aliphatic carbocycles. The molecule has 0 saturated heterocycles. The second-order valence-corrected chi connectivity index (χ2v) is 10.2. The van der Waals surface area contributed by atoms with Gasteiger partial charge in [-0.15, -0.1) is 0 Å². The molecule has 4 atom stereocenters. The van der Waals surface area contributed by atoms with Crippen molar-refractivity contribution in [1.29, 1.82) is 0 Å². The van der Waals surface area contributed by atoms with E-state index in [9.17, 15) is 14.4 Å². The Morgan fingerprint density at radius 1 is 1.06 bits per heavy atom. The van der Waals surface area contributed by atoms with Crippen molar-refractivity contribution < 1.29 is 24.2 Å². The van der Waals surface area contributed by atoms with Gasteiger partial charge in [0.2, 0.25) is 5.91 Å². The smallest absolute Gasteiger partial charge is 0.407 e. The number of alkyl carbamates (subject to hydrolysis) is 1. The second kappa shape index (κ2) is 9.36. The summed E-state index contributed by atoms with van der Waals surface area (Å²) in [6.45, 7) is 2.23. The highest BCUT2D eigenvalue weighted by Gasteiger charge is 2.65. The molecule has 0 radical (unpaired) electrons. The van der Waals surface area contributed by atoms with E-state index in [-0.39, 0.29) is 42.9 Å². The molecule has 184 valence electrons. The van der Waals surface area contributed by atoms with Crippen LogP contribution in [0.5, 0.6) is 0 Å². The Balaban J connectivity index is 1.15. The molecular formula is C28H32N2O5. The molecule has 5 rings (SSSR count). The molecule has 35 heavy (non-hydrogen) atoms. The van der Waals surface area contributed by atoms with Gasteiger partial charge in [-0.2, -0.15) is 0 Å². The lowest BCUT2D eigenvalue weighted by Crippen LogP contribution is -2.42. The standard InChI is InChI=1S/C28H32N2O5/c1-2-7-18(13-25(31)32)29-26(33)28-14-17(28)12-19(15-28)30-27(34)35-16-24-22-10-5-3-8-20(22)21-9-4-6-11-23(21)24/h3-6,8-11,17-19,24H,2,7,12-16H2,1H3,(H,29,33)(H,30,34)(H,31,32). The van der Waals surface area contributed by atoms with E-state index in [4.69, 9.17) is 9.84 Å². The van der Waals surface area contributed by atoms with Crippen LogP contribution in [0.25, 0.3) is 11.1 Å². The van der Waals surface area contributed by atoms with Crippen molar-refractivity contribution >= 4 is 18.0 Å². The van der Waals surface area contributed by atoms with Gasteiger partial charge in [-0.3, -0.25) is 9.59 Å². The molecule has 3 N–H and O–H groups in total. The van der Waals surface area contributed by atoms with Crippen LogP contribution in [0.3, 0.4) is 0 Å². The summed E-state index contributed by atoms with van der Waals surface area (Å²) in [4.78, 5) is 36.8. The van der Waals surface area contributed by atoms with Gasteiger partial charge in [-0.05, 0) is 53.9 Å². The first kappa shape index (κ1) is 23.4. The predicted octanol–water partition coefficient (Wildman–Crippen LogP) is 4.45. The maximum absolute atomic E-state index is 13.0. The van der Waals surface area contributed by atoms with Gasteiger partial charge >= 0.3 is 12.1 Å². The molecule has 0 aliphatic heterocycles. The number of benzene rings is 2. The number of amides is 2. The highest BCUT2D eigenvalue weighted by atomic mass is 16.5. The number of aliphatic carboxylic acids is 1. The highest BCUT2D eigenvalue weighted by molar-refractivity contribution is 5.87. The summed E-state index contributed by atoms with van der Waals surface area (Å²) >= 11 is 0. The van der Waals surface area contributed by atoms with Crippen LogP contribution in [0.4, 0.5) is 4.79 Å². The lowest BCUT2D eigenvalue weighted by Gasteiger charge is -2.22. The molecule has 0 aromatic heterocycles. The third-order valence-electron chi connectivity index (χ3n) is 7.92. The van der Waals surface area contributed by atoms with Crippen molar-refractivity contribution in [2.45, 2.75) is 63.5 Å². The van der Waals surface area contributed by atoms with Gasteiger partial charge in [0.05, 0.1) is 11.8 Å². The van der Waals surface area contributed by atoms with Gasteiger partial charge in [0.1, 0.15) is 6.61 Å². The average molecular weight is 477 g/mol.